The average Bonchev–Trinajstić information content (AvgIpc) is 2.39. The van der Waals surface area contributed by atoms with Crippen LogP contribution < -0.4 is 0 Å². The molecule has 0 radical (unpaired) electrons. The molecule has 0 saturated carbocycles. The maximum atomic E-state index is 13.0. The van der Waals surface area contributed by atoms with E-state index in [-0.39, 0.29) is 6.42 Å². The molecule has 14 heteroatoms. The number of carbonyl (C=O) groups excluding carboxylic acids is 1. The van der Waals surface area contributed by atoms with Gasteiger partial charge in [0.05, 0.1) is 0 Å². The van der Waals surface area contributed by atoms with Crippen LogP contribution in [-0.2, 0) is 24.1 Å². The van der Waals surface area contributed by atoms with Crippen LogP contribution >= 0.6 is 0 Å². The highest BCUT2D eigenvalue weighted by Crippen LogP contribution is 2.47. The lowest BCUT2D eigenvalue weighted by Crippen LogP contribution is -2.63. The molecule has 26 heavy (non-hydrogen) atoms. The summed E-state index contributed by atoms with van der Waals surface area (Å²) in [4.78, 5) is 11.5. The van der Waals surface area contributed by atoms with Gasteiger partial charge in [-0.25, -0.2) is 0 Å². The second-order valence-electron chi connectivity index (χ2n) is 6.19. The number of hydrogen-bond donors (Lipinski definition) is 1. The molecule has 0 spiro atoms. The smallest absolute Gasteiger partial charge is 0.438 e. The minimum atomic E-state index is -6.30. The summed E-state index contributed by atoms with van der Waals surface area (Å²) in [5.41, 5.74) is -5.34. The molecule has 0 saturated heterocycles. The van der Waals surface area contributed by atoms with Gasteiger partial charge in [0.25, 0.3) is 10.1 Å². The van der Waals surface area contributed by atoms with Crippen LogP contribution in [0.4, 0.5) is 26.3 Å². The highest BCUT2D eigenvalue weighted by Gasteiger charge is 2.75. The van der Waals surface area contributed by atoms with Gasteiger partial charge < -0.3 is 9.16 Å². The van der Waals surface area contributed by atoms with Crippen LogP contribution in [0.5, 0.6) is 0 Å². The molecule has 0 amide bonds. The van der Waals surface area contributed by atoms with Crippen LogP contribution in [0, 0.1) is 0 Å². The van der Waals surface area contributed by atoms with Crippen molar-refractivity contribution in [2.45, 2.75) is 56.4 Å². The minimum Gasteiger partial charge on any atom is -0.438 e. The summed E-state index contributed by atoms with van der Waals surface area (Å²) < 4.78 is 116. The second-order valence-corrected chi connectivity index (χ2v) is 12.1. The Morgan fingerprint density at radius 3 is 1.85 bits per heavy atom. The van der Waals surface area contributed by atoms with E-state index in [0.717, 1.165) is 0 Å². The molecule has 0 unspecified atom stereocenters. The van der Waals surface area contributed by atoms with Gasteiger partial charge in [0, 0.05) is 13.5 Å². The normalized spacial score (nSPS) is 14.4. The van der Waals surface area contributed by atoms with Crippen LogP contribution in [0.1, 0.15) is 19.3 Å². The molecular formula is C12H20F6O6SSi. The molecule has 6 nitrogen and oxygen atoms in total. The number of hydrogen-bond acceptors (Lipinski definition) is 5. The molecule has 0 aromatic carbocycles. The van der Waals surface area contributed by atoms with Crippen molar-refractivity contribution >= 4 is 24.4 Å². The van der Waals surface area contributed by atoms with Gasteiger partial charge in [-0.1, -0.05) is 6.42 Å². The first kappa shape index (κ1) is 25.1. The maximum Gasteiger partial charge on any atom is 0.438 e. The molecule has 0 aromatic heterocycles. The van der Waals surface area contributed by atoms with E-state index in [9.17, 15) is 39.6 Å². The summed E-state index contributed by atoms with van der Waals surface area (Å²) in [6.45, 7) is 3.66. The SMILES string of the molecule is CO[Si](C)(C)CCCCC(=O)OC(CS(=O)(=O)O)(C(F)(F)F)C(F)(F)F. The topological polar surface area (TPSA) is 89.9 Å². The quantitative estimate of drug-likeness (QED) is 0.197. The largest absolute Gasteiger partial charge is 0.438 e. The predicted molar refractivity (Wildman–Crippen MR) is 80.5 cm³/mol. The molecule has 0 aliphatic rings. The lowest BCUT2D eigenvalue weighted by molar-refractivity contribution is -0.361. The first-order valence-corrected chi connectivity index (χ1v) is 11.9. The Morgan fingerprint density at radius 1 is 1.04 bits per heavy atom. The fraction of sp³-hybridized carbons (Fsp3) is 0.917. The van der Waals surface area contributed by atoms with E-state index < -0.39 is 54.5 Å². The van der Waals surface area contributed by atoms with E-state index in [2.05, 4.69) is 4.74 Å². The molecule has 0 bridgehead atoms. The Labute approximate surface area is 147 Å². The summed E-state index contributed by atoms with van der Waals surface area (Å²) in [7, 11) is -6.31. The van der Waals surface area contributed by atoms with Gasteiger partial charge in [-0.15, -0.1) is 0 Å². The Hall–Kier alpha value is -0.863. The van der Waals surface area contributed by atoms with Gasteiger partial charge >= 0.3 is 23.9 Å². The van der Waals surface area contributed by atoms with Crippen molar-refractivity contribution < 1.29 is 53.3 Å². The number of alkyl halides is 6. The highest BCUT2D eigenvalue weighted by molar-refractivity contribution is 7.85. The highest BCUT2D eigenvalue weighted by atomic mass is 32.2. The molecule has 0 aromatic rings. The van der Waals surface area contributed by atoms with E-state index in [0.29, 0.717) is 12.5 Å². The molecule has 0 aliphatic heterocycles. The zero-order chi connectivity index (χ0) is 21.0. The van der Waals surface area contributed by atoms with Crippen molar-refractivity contribution in [3.63, 3.8) is 0 Å². The molecular weight excluding hydrogens is 414 g/mol. The molecule has 0 atom stereocenters. The Balaban J connectivity index is 5.29. The molecule has 1 N–H and O–H groups in total. The van der Waals surface area contributed by atoms with Crippen LogP contribution in [0.2, 0.25) is 19.1 Å². The van der Waals surface area contributed by atoms with E-state index in [4.69, 9.17) is 8.98 Å². The van der Waals surface area contributed by atoms with E-state index in [1.165, 1.54) is 7.11 Å². The number of rotatable bonds is 9. The predicted octanol–water partition coefficient (Wildman–Crippen LogP) is 3.30. The first-order chi connectivity index (χ1) is 11.4. The van der Waals surface area contributed by atoms with Gasteiger partial charge in [0.15, 0.2) is 8.32 Å². The number of halogens is 6. The van der Waals surface area contributed by atoms with Crippen molar-refractivity contribution in [2.75, 3.05) is 12.9 Å². The number of carbonyl (C=O) groups is 1. The number of esters is 1. The van der Waals surface area contributed by atoms with Crippen molar-refractivity contribution in [1.29, 1.82) is 0 Å². The van der Waals surface area contributed by atoms with E-state index in [1.807, 2.05) is 13.1 Å². The maximum absolute atomic E-state index is 13.0. The van der Waals surface area contributed by atoms with Gasteiger partial charge in [0.2, 0.25) is 0 Å². The molecule has 0 heterocycles. The van der Waals surface area contributed by atoms with Crippen molar-refractivity contribution in [3.05, 3.63) is 0 Å². The zero-order valence-electron chi connectivity index (χ0n) is 14.2. The fourth-order valence-electron chi connectivity index (χ4n) is 1.89. The van der Waals surface area contributed by atoms with Crippen molar-refractivity contribution in [2.24, 2.45) is 0 Å². The summed E-state index contributed by atoms with van der Waals surface area (Å²) >= 11 is 0. The number of unbranched alkanes of at least 4 members (excludes halogenated alkanes) is 1. The van der Waals surface area contributed by atoms with Gasteiger partial charge in [0.1, 0.15) is 5.75 Å². The minimum absolute atomic E-state index is 0.0731. The molecule has 156 valence electrons. The second kappa shape index (κ2) is 8.44. The fourth-order valence-corrected chi connectivity index (χ4v) is 4.10. The van der Waals surface area contributed by atoms with E-state index in [1.54, 1.807) is 0 Å². The van der Waals surface area contributed by atoms with Crippen molar-refractivity contribution in [3.8, 4) is 0 Å². The molecule has 0 fully saturated rings. The van der Waals surface area contributed by atoms with Crippen LogP contribution in [0.25, 0.3) is 0 Å². The average molecular weight is 434 g/mol. The Morgan fingerprint density at radius 2 is 1.50 bits per heavy atom. The standard InChI is InChI=1S/C12H20F6O6SSi/c1-23-26(2,3)7-5-4-6-9(19)24-10(11(13,14)15,12(16,17)18)8-25(20,21)22/h4-8H2,1-3H3,(H,20,21,22). The molecule has 0 aliphatic carbocycles. The molecule has 0 rings (SSSR count). The van der Waals surface area contributed by atoms with Crippen molar-refractivity contribution in [1.82, 2.24) is 0 Å². The third kappa shape index (κ3) is 7.40. The van der Waals surface area contributed by atoms with Gasteiger partial charge in [-0.3, -0.25) is 9.35 Å². The lowest BCUT2D eigenvalue weighted by atomic mass is 10.1. The van der Waals surface area contributed by atoms with E-state index >= 15 is 0 Å². The lowest BCUT2D eigenvalue weighted by Gasteiger charge is -2.35. The third-order valence-electron chi connectivity index (χ3n) is 3.55. The summed E-state index contributed by atoms with van der Waals surface area (Å²) in [5.74, 6) is -4.75. The summed E-state index contributed by atoms with van der Waals surface area (Å²) in [6.07, 6.45) is -13.2. The van der Waals surface area contributed by atoms with Gasteiger partial charge in [-0.05, 0) is 25.6 Å². The Kier molecular flexibility index (Phi) is 8.16. The summed E-state index contributed by atoms with van der Waals surface area (Å²) in [5, 5.41) is 0. The zero-order valence-corrected chi connectivity index (χ0v) is 16.0. The van der Waals surface area contributed by atoms with Crippen LogP contribution in [-0.4, -0.2) is 58.1 Å². The monoisotopic (exact) mass is 434 g/mol. The van der Waals surface area contributed by atoms with Crippen LogP contribution in [0.15, 0.2) is 0 Å². The summed E-state index contributed by atoms with van der Waals surface area (Å²) in [6, 6.07) is 0.505. The first-order valence-electron chi connectivity index (χ1n) is 7.22. The number of ether oxygens (including phenoxy) is 1. The van der Waals surface area contributed by atoms with Crippen LogP contribution in [0.3, 0.4) is 0 Å². The third-order valence-corrected chi connectivity index (χ3v) is 6.99. The van der Waals surface area contributed by atoms with Gasteiger partial charge in [-0.2, -0.15) is 34.8 Å². The Bertz CT molecular complexity index is 572.